The van der Waals surface area contributed by atoms with Crippen LogP contribution in [0.25, 0.3) is 11.2 Å². The van der Waals surface area contributed by atoms with Crippen molar-refractivity contribution in [3.63, 3.8) is 0 Å². The Morgan fingerprint density at radius 3 is 2.48 bits per heavy atom. The van der Waals surface area contributed by atoms with Crippen LogP contribution < -0.4 is 17.0 Å². The predicted molar refractivity (Wildman–Crippen MR) is 82.7 cm³/mol. The van der Waals surface area contributed by atoms with Gasteiger partial charge in [0.05, 0.1) is 0 Å². The van der Waals surface area contributed by atoms with Crippen LogP contribution in [0.5, 0.6) is 0 Å². The van der Waals surface area contributed by atoms with Crippen LogP contribution in [-0.4, -0.2) is 25.2 Å². The third-order valence-corrected chi connectivity index (χ3v) is 3.72. The Morgan fingerprint density at radius 1 is 1.29 bits per heavy atom. The van der Waals surface area contributed by atoms with Crippen LogP contribution in [-0.2, 0) is 20.0 Å². The lowest BCUT2D eigenvalue weighted by Gasteiger charge is -2.13. The van der Waals surface area contributed by atoms with Crippen LogP contribution >= 0.6 is 0 Å². The third kappa shape index (κ3) is 2.42. The maximum atomic E-state index is 12.5. The molecule has 0 aliphatic rings. The van der Waals surface area contributed by atoms with Gasteiger partial charge < -0.3 is 10.3 Å². The molecular weight excluding hydrogens is 270 g/mol. The summed E-state index contributed by atoms with van der Waals surface area (Å²) >= 11 is 0. The molecule has 0 aliphatic heterocycles. The lowest BCUT2D eigenvalue weighted by Crippen LogP contribution is -2.40. The van der Waals surface area contributed by atoms with E-state index >= 15 is 0 Å². The van der Waals surface area contributed by atoms with E-state index in [1.54, 1.807) is 16.1 Å². The minimum atomic E-state index is -0.298. The molecular formula is C14H23N5O2. The molecule has 116 valence electrons. The lowest BCUT2D eigenvalue weighted by molar-refractivity contribution is 0.533. The molecule has 0 saturated heterocycles. The van der Waals surface area contributed by atoms with E-state index in [1.807, 2.05) is 20.9 Å². The Labute approximate surface area is 123 Å². The van der Waals surface area contributed by atoms with Crippen molar-refractivity contribution in [1.82, 2.24) is 18.7 Å². The van der Waals surface area contributed by atoms with E-state index in [4.69, 9.17) is 5.73 Å². The number of hydrogen-bond acceptors (Lipinski definition) is 4. The first-order valence-electron chi connectivity index (χ1n) is 7.34. The predicted octanol–water partition coefficient (Wildman–Crippen LogP) is 0.389. The molecule has 0 fully saturated rings. The average Bonchev–Trinajstić information content (AvgIpc) is 2.73. The molecule has 2 aromatic heterocycles. The SMILES string of the molecule is CCn1c(=O)c2c(nc(CCCN)n2C)n(C(C)C)c1=O. The largest absolute Gasteiger partial charge is 0.332 e. The Hall–Kier alpha value is -1.89. The summed E-state index contributed by atoms with van der Waals surface area (Å²) < 4.78 is 4.64. The molecule has 7 nitrogen and oxygen atoms in total. The Bertz CT molecular complexity index is 766. The minimum Gasteiger partial charge on any atom is -0.330 e. The quantitative estimate of drug-likeness (QED) is 0.863. The van der Waals surface area contributed by atoms with Gasteiger partial charge >= 0.3 is 5.69 Å². The standard InChI is InChI=1S/C14H23N5O2/c1-5-18-13(20)11-12(19(9(2)3)14(18)21)16-10(17(11)4)7-6-8-15/h9H,5-8,15H2,1-4H3. The van der Waals surface area contributed by atoms with E-state index in [2.05, 4.69) is 4.98 Å². The summed E-state index contributed by atoms with van der Waals surface area (Å²) in [5.74, 6) is 0.787. The Kier molecular flexibility index (Phi) is 4.32. The fraction of sp³-hybridized carbons (Fsp3) is 0.643. The second kappa shape index (κ2) is 5.85. The zero-order chi connectivity index (χ0) is 15.7. The van der Waals surface area contributed by atoms with E-state index < -0.39 is 0 Å². The molecule has 0 saturated carbocycles. The van der Waals surface area contributed by atoms with Gasteiger partial charge in [-0.2, -0.15) is 0 Å². The maximum absolute atomic E-state index is 12.5. The fourth-order valence-electron chi connectivity index (χ4n) is 2.60. The number of rotatable bonds is 5. The van der Waals surface area contributed by atoms with Crippen LogP contribution in [0.1, 0.15) is 39.1 Å². The van der Waals surface area contributed by atoms with Crippen LogP contribution in [0.15, 0.2) is 9.59 Å². The van der Waals surface area contributed by atoms with Crippen molar-refractivity contribution in [3.05, 3.63) is 26.7 Å². The summed E-state index contributed by atoms with van der Waals surface area (Å²) in [6.07, 6.45) is 1.49. The molecule has 0 spiro atoms. The second-order valence-corrected chi connectivity index (χ2v) is 5.45. The summed E-state index contributed by atoms with van der Waals surface area (Å²) in [6, 6.07) is -0.0596. The molecule has 2 aromatic rings. The number of nitrogens with two attached hydrogens (primary N) is 1. The first-order valence-corrected chi connectivity index (χ1v) is 7.34. The number of hydrogen-bond donors (Lipinski definition) is 1. The van der Waals surface area contributed by atoms with Crippen molar-refractivity contribution in [3.8, 4) is 0 Å². The molecule has 0 unspecified atom stereocenters. The van der Waals surface area contributed by atoms with E-state index in [1.165, 1.54) is 4.57 Å². The Balaban J connectivity index is 2.88. The number of fused-ring (bicyclic) bond motifs is 1. The number of imidazole rings is 1. The van der Waals surface area contributed by atoms with Crippen molar-refractivity contribution < 1.29 is 0 Å². The number of aryl methyl sites for hydroxylation is 2. The highest BCUT2D eigenvalue weighted by Crippen LogP contribution is 2.14. The molecule has 0 radical (unpaired) electrons. The van der Waals surface area contributed by atoms with Crippen molar-refractivity contribution in [1.29, 1.82) is 0 Å². The van der Waals surface area contributed by atoms with Crippen molar-refractivity contribution in [2.75, 3.05) is 6.54 Å². The monoisotopic (exact) mass is 293 g/mol. The first kappa shape index (κ1) is 15.5. The highest BCUT2D eigenvalue weighted by atomic mass is 16.2. The van der Waals surface area contributed by atoms with Crippen LogP contribution in [0.2, 0.25) is 0 Å². The molecule has 0 aliphatic carbocycles. The Morgan fingerprint density at radius 2 is 1.95 bits per heavy atom. The third-order valence-electron chi connectivity index (χ3n) is 3.72. The summed E-state index contributed by atoms with van der Waals surface area (Å²) in [4.78, 5) is 29.5. The molecule has 2 heterocycles. The van der Waals surface area contributed by atoms with Crippen LogP contribution in [0.3, 0.4) is 0 Å². The molecule has 7 heteroatoms. The average molecular weight is 293 g/mol. The lowest BCUT2D eigenvalue weighted by atomic mass is 10.3. The highest BCUT2D eigenvalue weighted by molar-refractivity contribution is 5.71. The highest BCUT2D eigenvalue weighted by Gasteiger charge is 2.20. The summed E-state index contributed by atoms with van der Waals surface area (Å²) in [6.45, 7) is 6.55. The smallest absolute Gasteiger partial charge is 0.330 e. The van der Waals surface area contributed by atoms with Gasteiger partial charge in [0.25, 0.3) is 5.56 Å². The fourth-order valence-corrected chi connectivity index (χ4v) is 2.60. The second-order valence-electron chi connectivity index (χ2n) is 5.45. The maximum Gasteiger partial charge on any atom is 0.332 e. The molecule has 0 aromatic carbocycles. The summed E-state index contributed by atoms with van der Waals surface area (Å²) in [7, 11) is 1.82. The van der Waals surface area contributed by atoms with E-state index in [-0.39, 0.29) is 17.3 Å². The van der Waals surface area contributed by atoms with Gasteiger partial charge in [-0.25, -0.2) is 9.78 Å². The topological polar surface area (TPSA) is 87.8 Å². The minimum absolute atomic E-state index is 0.0596. The zero-order valence-electron chi connectivity index (χ0n) is 13.1. The van der Waals surface area contributed by atoms with E-state index in [0.717, 1.165) is 12.2 Å². The van der Waals surface area contributed by atoms with E-state index in [0.29, 0.717) is 30.7 Å². The molecule has 0 bridgehead atoms. The molecule has 0 amide bonds. The molecule has 0 atom stereocenters. The van der Waals surface area contributed by atoms with Gasteiger partial charge in [0.2, 0.25) is 0 Å². The summed E-state index contributed by atoms with van der Waals surface area (Å²) in [5.41, 5.74) is 5.92. The van der Waals surface area contributed by atoms with Gasteiger partial charge in [0.1, 0.15) is 5.82 Å². The van der Waals surface area contributed by atoms with Crippen LogP contribution in [0, 0.1) is 0 Å². The van der Waals surface area contributed by atoms with Crippen molar-refractivity contribution in [2.24, 2.45) is 12.8 Å². The van der Waals surface area contributed by atoms with Gasteiger partial charge in [0, 0.05) is 26.1 Å². The summed E-state index contributed by atoms with van der Waals surface area (Å²) in [5, 5.41) is 0. The van der Waals surface area contributed by atoms with Gasteiger partial charge in [0.15, 0.2) is 11.2 Å². The normalized spacial score (nSPS) is 11.7. The van der Waals surface area contributed by atoms with Crippen LogP contribution in [0.4, 0.5) is 0 Å². The number of aromatic nitrogens is 4. The van der Waals surface area contributed by atoms with Gasteiger partial charge in [-0.1, -0.05) is 0 Å². The molecule has 21 heavy (non-hydrogen) atoms. The van der Waals surface area contributed by atoms with E-state index in [9.17, 15) is 9.59 Å². The molecule has 2 rings (SSSR count). The number of nitrogens with zero attached hydrogens (tertiary/aromatic N) is 4. The van der Waals surface area contributed by atoms with Gasteiger partial charge in [-0.3, -0.25) is 13.9 Å². The van der Waals surface area contributed by atoms with Gasteiger partial charge in [-0.15, -0.1) is 0 Å². The van der Waals surface area contributed by atoms with Gasteiger partial charge in [-0.05, 0) is 33.7 Å². The molecule has 2 N–H and O–H groups in total. The van der Waals surface area contributed by atoms with Crippen molar-refractivity contribution in [2.45, 2.75) is 46.2 Å². The van der Waals surface area contributed by atoms with Crippen molar-refractivity contribution >= 4 is 11.2 Å². The first-order chi connectivity index (χ1) is 9.93. The zero-order valence-corrected chi connectivity index (χ0v) is 13.1.